The molecule has 0 aliphatic carbocycles. The van der Waals surface area contributed by atoms with Crippen molar-refractivity contribution in [2.75, 3.05) is 5.32 Å². The lowest BCUT2D eigenvalue weighted by atomic mass is 10.2. The molecule has 4 nitrogen and oxygen atoms in total. The predicted octanol–water partition coefficient (Wildman–Crippen LogP) is 3.45. The molecule has 0 bridgehead atoms. The van der Waals surface area contributed by atoms with Gasteiger partial charge in [0.2, 0.25) is 0 Å². The number of fused-ring (bicyclic) bond motifs is 1. The molecule has 2 heterocycles. The number of hydrogen-bond donors (Lipinski definition) is 1. The standard InChI is InChI=1S/C13H10N2O2S/c1-8-14-11-6-10(2-3-12(11)17-8)15-13(16)9-4-5-18-7-9/h2-7H,1H3,(H,15,16). The topological polar surface area (TPSA) is 55.1 Å². The molecular weight excluding hydrogens is 248 g/mol. The summed E-state index contributed by atoms with van der Waals surface area (Å²) >= 11 is 1.50. The summed E-state index contributed by atoms with van der Waals surface area (Å²) in [5.74, 6) is 0.502. The van der Waals surface area contributed by atoms with Crippen molar-refractivity contribution < 1.29 is 9.21 Å². The number of anilines is 1. The highest BCUT2D eigenvalue weighted by Gasteiger charge is 2.08. The van der Waals surface area contributed by atoms with Crippen molar-refractivity contribution in [2.24, 2.45) is 0 Å². The molecule has 0 saturated heterocycles. The lowest BCUT2D eigenvalue weighted by molar-refractivity contribution is 0.102. The Balaban J connectivity index is 1.88. The average Bonchev–Trinajstić information content (AvgIpc) is 2.95. The maximum Gasteiger partial charge on any atom is 0.256 e. The van der Waals surface area contributed by atoms with E-state index in [4.69, 9.17) is 4.42 Å². The Hall–Kier alpha value is -2.14. The van der Waals surface area contributed by atoms with Crippen LogP contribution in [0.5, 0.6) is 0 Å². The molecule has 0 saturated carbocycles. The smallest absolute Gasteiger partial charge is 0.256 e. The Morgan fingerprint density at radius 2 is 2.28 bits per heavy atom. The summed E-state index contributed by atoms with van der Waals surface area (Å²) in [5, 5.41) is 6.52. The monoisotopic (exact) mass is 258 g/mol. The maximum absolute atomic E-state index is 11.9. The van der Waals surface area contributed by atoms with Gasteiger partial charge >= 0.3 is 0 Å². The number of amides is 1. The molecule has 0 atom stereocenters. The van der Waals surface area contributed by atoms with Crippen molar-refractivity contribution in [3.63, 3.8) is 0 Å². The van der Waals surface area contributed by atoms with Crippen LogP contribution < -0.4 is 5.32 Å². The number of benzene rings is 1. The van der Waals surface area contributed by atoms with E-state index < -0.39 is 0 Å². The molecule has 1 aromatic carbocycles. The fourth-order valence-electron chi connectivity index (χ4n) is 1.72. The minimum absolute atomic E-state index is 0.115. The zero-order valence-electron chi connectivity index (χ0n) is 9.64. The van der Waals surface area contributed by atoms with E-state index in [0.29, 0.717) is 17.1 Å². The maximum atomic E-state index is 11.9. The molecule has 3 rings (SSSR count). The van der Waals surface area contributed by atoms with Crippen LogP contribution in [0, 0.1) is 6.92 Å². The van der Waals surface area contributed by atoms with Gasteiger partial charge in [0, 0.05) is 18.0 Å². The molecule has 0 fully saturated rings. The second-order valence-electron chi connectivity index (χ2n) is 3.88. The quantitative estimate of drug-likeness (QED) is 0.766. The minimum atomic E-state index is -0.115. The molecule has 1 N–H and O–H groups in total. The molecule has 0 unspecified atom stereocenters. The third-order valence-electron chi connectivity index (χ3n) is 2.54. The van der Waals surface area contributed by atoms with Crippen molar-refractivity contribution >= 4 is 34.0 Å². The first-order valence-electron chi connectivity index (χ1n) is 5.43. The molecule has 0 spiro atoms. The number of carbonyl (C=O) groups excluding carboxylic acids is 1. The van der Waals surface area contributed by atoms with Gasteiger partial charge in [-0.2, -0.15) is 11.3 Å². The van der Waals surface area contributed by atoms with Gasteiger partial charge in [0.05, 0.1) is 5.56 Å². The summed E-state index contributed by atoms with van der Waals surface area (Å²) in [6.45, 7) is 1.80. The van der Waals surface area contributed by atoms with E-state index in [1.54, 1.807) is 31.2 Å². The lowest BCUT2D eigenvalue weighted by Crippen LogP contribution is -2.10. The summed E-state index contributed by atoms with van der Waals surface area (Å²) < 4.78 is 5.38. The first-order valence-corrected chi connectivity index (χ1v) is 6.37. The third-order valence-corrected chi connectivity index (χ3v) is 3.22. The van der Waals surface area contributed by atoms with Gasteiger partial charge < -0.3 is 9.73 Å². The van der Waals surface area contributed by atoms with Gasteiger partial charge in [-0.3, -0.25) is 4.79 Å². The zero-order chi connectivity index (χ0) is 12.5. The largest absolute Gasteiger partial charge is 0.441 e. The Labute approximate surface area is 107 Å². The van der Waals surface area contributed by atoms with Crippen molar-refractivity contribution in [3.05, 3.63) is 46.5 Å². The number of rotatable bonds is 2. The van der Waals surface area contributed by atoms with E-state index in [9.17, 15) is 4.79 Å². The predicted molar refractivity (Wildman–Crippen MR) is 71.0 cm³/mol. The van der Waals surface area contributed by atoms with Gasteiger partial charge in [0.15, 0.2) is 11.5 Å². The highest BCUT2D eigenvalue weighted by atomic mass is 32.1. The van der Waals surface area contributed by atoms with E-state index in [1.807, 2.05) is 10.8 Å². The molecular formula is C13H10N2O2S. The van der Waals surface area contributed by atoms with Crippen LogP contribution in [0.2, 0.25) is 0 Å². The van der Waals surface area contributed by atoms with Gasteiger partial charge in [-0.1, -0.05) is 0 Å². The summed E-state index contributed by atoms with van der Waals surface area (Å²) in [6, 6.07) is 7.20. The van der Waals surface area contributed by atoms with Crippen LogP contribution in [-0.2, 0) is 0 Å². The molecule has 18 heavy (non-hydrogen) atoms. The van der Waals surface area contributed by atoms with E-state index in [2.05, 4.69) is 10.3 Å². The molecule has 0 aliphatic heterocycles. The first kappa shape index (κ1) is 11.0. The number of carbonyl (C=O) groups is 1. The van der Waals surface area contributed by atoms with E-state index >= 15 is 0 Å². The highest BCUT2D eigenvalue weighted by Crippen LogP contribution is 2.20. The molecule has 0 aliphatic rings. The van der Waals surface area contributed by atoms with Gasteiger partial charge in [-0.15, -0.1) is 0 Å². The number of thiophene rings is 1. The van der Waals surface area contributed by atoms with E-state index in [-0.39, 0.29) is 5.91 Å². The van der Waals surface area contributed by atoms with Crippen LogP contribution in [0.1, 0.15) is 16.2 Å². The number of nitrogens with zero attached hydrogens (tertiary/aromatic N) is 1. The van der Waals surface area contributed by atoms with Crippen LogP contribution in [0.15, 0.2) is 39.4 Å². The second-order valence-corrected chi connectivity index (χ2v) is 4.66. The first-order chi connectivity index (χ1) is 8.72. The van der Waals surface area contributed by atoms with Crippen LogP contribution in [0.4, 0.5) is 5.69 Å². The van der Waals surface area contributed by atoms with Gasteiger partial charge in [-0.05, 0) is 29.6 Å². The fraction of sp³-hybridized carbons (Fsp3) is 0.0769. The van der Waals surface area contributed by atoms with Crippen molar-refractivity contribution in [3.8, 4) is 0 Å². The van der Waals surface area contributed by atoms with Gasteiger partial charge in [-0.25, -0.2) is 4.98 Å². The Morgan fingerprint density at radius 1 is 1.39 bits per heavy atom. The van der Waals surface area contributed by atoms with Gasteiger partial charge in [0.25, 0.3) is 5.91 Å². The number of aryl methyl sites for hydroxylation is 1. The average molecular weight is 258 g/mol. The van der Waals surface area contributed by atoms with Crippen LogP contribution in [0.3, 0.4) is 0 Å². The lowest BCUT2D eigenvalue weighted by Gasteiger charge is -2.02. The Bertz CT molecular complexity index is 701. The molecule has 2 aromatic heterocycles. The van der Waals surface area contributed by atoms with Crippen molar-refractivity contribution in [1.29, 1.82) is 0 Å². The second kappa shape index (κ2) is 4.27. The Kier molecular flexibility index (Phi) is 2.60. The van der Waals surface area contributed by atoms with Gasteiger partial charge in [0.1, 0.15) is 5.52 Å². The minimum Gasteiger partial charge on any atom is -0.441 e. The summed E-state index contributed by atoms with van der Waals surface area (Å²) in [4.78, 5) is 16.1. The number of oxazole rings is 1. The molecule has 1 amide bonds. The number of aromatic nitrogens is 1. The molecule has 5 heteroatoms. The van der Waals surface area contributed by atoms with Crippen molar-refractivity contribution in [1.82, 2.24) is 4.98 Å². The zero-order valence-corrected chi connectivity index (χ0v) is 10.5. The van der Waals surface area contributed by atoms with Crippen LogP contribution in [-0.4, -0.2) is 10.9 Å². The SMILES string of the molecule is Cc1nc2cc(NC(=O)c3ccsc3)ccc2o1. The third kappa shape index (κ3) is 2.00. The van der Waals surface area contributed by atoms with Crippen molar-refractivity contribution in [2.45, 2.75) is 6.92 Å². The summed E-state index contributed by atoms with van der Waals surface area (Å²) in [5.41, 5.74) is 2.85. The fourth-order valence-corrected chi connectivity index (χ4v) is 2.35. The molecule has 0 radical (unpaired) electrons. The molecule has 90 valence electrons. The molecule has 3 aromatic rings. The normalized spacial score (nSPS) is 10.7. The highest BCUT2D eigenvalue weighted by molar-refractivity contribution is 7.08. The van der Waals surface area contributed by atoms with Crippen LogP contribution in [0.25, 0.3) is 11.1 Å². The van der Waals surface area contributed by atoms with Crippen LogP contribution >= 0.6 is 11.3 Å². The summed E-state index contributed by atoms with van der Waals surface area (Å²) in [6.07, 6.45) is 0. The Morgan fingerprint density at radius 3 is 3.06 bits per heavy atom. The number of nitrogens with one attached hydrogen (secondary N) is 1. The summed E-state index contributed by atoms with van der Waals surface area (Å²) in [7, 11) is 0. The van der Waals surface area contributed by atoms with E-state index in [0.717, 1.165) is 11.1 Å². The number of hydrogen-bond acceptors (Lipinski definition) is 4. The van der Waals surface area contributed by atoms with E-state index in [1.165, 1.54) is 11.3 Å².